The molecule has 1 unspecified atom stereocenters. The molecule has 48 heavy (non-hydrogen) atoms. The van der Waals surface area contributed by atoms with E-state index in [-0.39, 0.29) is 35.2 Å². The van der Waals surface area contributed by atoms with Crippen molar-refractivity contribution in [2.24, 2.45) is 0 Å². The molecule has 13 nitrogen and oxygen atoms in total. The lowest BCUT2D eigenvalue weighted by Crippen LogP contribution is -2.35. The summed E-state index contributed by atoms with van der Waals surface area (Å²) in [6, 6.07) is 10.2. The van der Waals surface area contributed by atoms with Crippen molar-refractivity contribution in [2.45, 2.75) is 32.2 Å². The van der Waals surface area contributed by atoms with Crippen LogP contribution in [0.2, 0.25) is 0 Å². The summed E-state index contributed by atoms with van der Waals surface area (Å²) < 4.78 is 22.0. The van der Waals surface area contributed by atoms with Crippen LogP contribution in [0.5, 0.6) is 5.75 Å². The highest BCUT2D eigenvalue weighted by molar-refractivity contribution is 5.99. The van der Waals surface area contributed by atoms with E-state index in [4.69, 9.17) is 25.2 Å². The molecular formula is C34H36FN7O6. The van der Waals surface area contributed by atoms with Crippen molar-refractivity contribution in [3.63, 3.8) is 0 Å². The first-order valence-electron chi connectivity index (χ1n) is 15.3. The number of hydrogen-bond acceptors (Lipinski definition) is 10. The summed E-state index contributed by atoms with van der Waals surface area (Å²) >= 11 is 0. The van der Waals surface area contributed by atoms with Gasteiger partial charge in [-0.25, -0.2) is 23.8 Å². The molecule has 0 bridgehead atoms. The zero-order valence-corrected chi connectivity index (χ0v) is 26.8. The second-order valence-corrected chi connectivity index (χ2v) is 11.6. The van der Waals surface area contributed by atoms with Gasteiger partial charge in [-0.3, -0.25) is 9.59 Å². The van der Waals surface area contributed by atoms with Gasteiger partial charge in [-0.05, 0) is 69.6 Å². The average molecular weight is 658 g/mol. The Hall–Kier alpha value is -5.63. The van der Waals surface area contributed by atoms with E-state index in [2.05, 4.69) is 14.9 Å². The summed E-state index contributed by atoms with van der Waals surface area (Å²) in [5, 5.41) is 23.3. The number of nitrogens with zero attached hydrogens (tertiary/aromatic N) is 6. The van der Waals surface area contributed by atoms with Crippen molar-refractivity contribution < 1.29 is 28.6 Å². The van der Waals surface area contributed by atoms with E-state index in [0.29, 0.717) is 48.1 Å². The zero-order valence-electron chi connectivity index (χ0n) is 26.8. The van der Waals surface area contributed by atoms with Gasteiger partial charge in [-0.1, -0.05) is 24.3 Å². The van der Waals surface area contributed by atoms with Crippen LogP contribution in [0.3, 0.4) is 0 Å². The number of phenolic OH excluding ortho intramolecular Hbond substituents is 1. The standard InChI is InChI=1S/C33H34FN7O4.CH2O2/c1-19(41-32-28(31(35)36-18-37-32)29(38-41)21-15-22(34)17-23(42)16-21)30-27(24-7-4-5-8-25(24)33(44)45-30)20-10-13-40(14-11-20)26(43)9-6-12-39(2)3;2-1-3/h4-5,7-8,10,15-19,42H,6,9,11-14H2,1-3H3,(H2,35,36,37);1H,(H,2,3). The minimum atomic E-state index is -0.670. The van der Waals surface area contributed by atoms with E-state index in [1.807, 2.05) is 44.1 Å². The number of carbonyl (C=O) groups is 2. The van der Waals surface area contributed by atoms with Crippen molar-refractivity contribution >= 4 is 45.6 Å². The number of fused-ring (bicyclic) bond motifs is 2. The summed E-state index contributed by atoms with van der Waals surface area (Å²) in [6.45, 7) is 3.41. The molecule has 0 fully saturated rings. The van der Waals surface area contributed by atoms with Gasteiger partial charge < -0.3 is 30.2 Å². The molecule has 1 aliphatic heterocycles. The van der Waals surface area contributed by atoms with Crippen LogP contribution in [-0.4, -0.2) is 85.9 Å². The first-order chi connectivity index (χ1) is 23.0. The normalized spacial score (nSPS) is 13.7. The van der Waals surface area contributed by atoms with Crippen LogP contribution in [0, 0.1) is 5.82 Å². The van der Waals surface area contributed by atoms with Gasteiger partial charge in [0.1, 0.15) is 41.2 Å². The number of nitrogens with two attached hydrogens (primary N) is 1. The maximum Gasteiger partial charge on any atom is 0.343 e. The Kier molecular flexibility index (Phi) is 10.1. The third kappa shape index (κ3) is 6.88. The van der Waals surface area contributed by atoms with E-state index in [1.165, 1.54) is 18.5 Å². The summed E-state index contributed by atoms with van der Waals surface area (Å²) in [6.07, 6.45) is 5.17. The van der Waals surface area contributed by atoms with Crippen LogP contribution < -0.4 is 11.4 Å². The third-order valence-electron chi connectivity index (χ3n) is 8.16. The molecule has 2 aromatic carbocycles. The highest BCUT2D eigenvalue weighted by Crippen LogP contribution is 2.38. The Morgan fingerprint density at radius 3 is 2.58 bits per heavy atom. The van der Waals surface area contributed by atoms with Crippen molar-refractivity contribution in [1.29, 1.82) is 0 Å². The number of nitrogen functional groups attached to an aromatic ring is 1. The zero-order chi connectivity index (χ0) is 34.5. The van der Waals surface area contributed by atoms with Gasteiger partial charge in [-0.15, -0.1) is 0 Å². The largest absolute Gasteiger partial charge is 0.508 e. The van der Waals surface area contributed by atoms with Crippen LogP contribution in [0.25, 0.3) is 38.6 Å². The number of benzene rings is 2. The molecule has 0 aliphatic carbocycles. The second kappa shape index (κ2) is 14.4. The molecule has 0 saturated heterocycles. The molecule has 1 aliphatic rings. The third-order valence-corrected chi connectivity index (χ3v) is 8.16. The van der Waals surface area contributed by atoms with Crippen LogP contribution in [0.1, 0.15) is 43.6 Å². The van der Waals surface area contributed by atoms with Gasteiger partial charge in [0.25, 0.3) is 6.47 Å². The first-order valence-corrected chi connectivity index (χ1v) is 15.3. The number of carboxylic acid groups (broad SMARTS) is 1. The molecule has 0 saturated carbocycles. The maximum atomic E-state index is 14.3. The van der Waals surface area contributed by atoms with Gasteiger partial charge in [0.2, 0.25) is 5.91 Å². The predicted octanol–water partition coefficient (Wildman–Crippen LogP) is 4.29. The predicted molar refractivity (Wildman–Crippen MR) is 179 cm³/mol. The van der Waals surface area contributed by atoms with Gasteiger partial charge in [0.15, 0.2) is 5.65 Å². The van der Waals surface area contributed by atoms with Gasteiger partial charge in [-0.2, -0.15) is 5.10 Å². The van der Waals surface area contributed by atoms with Crippen molar-refractivity contribution in [1.82, 2.24) is 29.5 Å². The molecule has 3 aromatic heterocycles. The second-order valence-electron chi connectivity index (χ2n) is 11.6. The molecule has 4 N–H and O–H groups in total. The molecule has 0 radical (unpaired) electrons. The molecule has 1 atom stereocenters. The highest BCUT2D eigenvalue weighted by atomic mass is 19.1. The minimum absolute atomic E-state index is 0.112. The lowest BCUT2D eigenvalue weighted by atomic mass is 9.92. The fourth-order valence-electron chi connectivity index (χ4n) is 5.96. The van der Waals surface area contributed by atoms with Gasteiger partial charge in [0.05, 0.1) is 10.8 Å². The van der Waals surface area contributed by atoms with E-state index < -0.39 is 17.5 Å². The van der Waals surface area contributed by atoms with E-state index in [1.54, 1.807) is 16.8 Å². The summed E-state index contributed by atoms with van der Waals surface area (Å²) in [5.74, 6) is -0.308. The average Bonchev–Trinajstić information content (AvgIpc) is 3.45. The first kappa shape index (κ1) is 33.7. The minimum Gasteiger partial charge on any atom is -0.508 e. The Morgan fingerprint density at radius 2 is 1.92 bits per heavy atom. The molecular weight excluding hydrogens is 621 g/mol. The lowest BCUT2D eigenvalue weighted by molar-refractivity contribution is -0.131. The van der Waals surface area contributed by atoms with E-state index in [0.717, 1.165) is 35.6 Å². The quantitative estimate of drug-likeness (QED) is 0.203. The number of halogens is 1. The van der Waals surface area contributed by atoms with Gasteiger partial charge >= 0.3 is 5.63 Å². The van der Waals surface area contributed by atoms with Crippen LogP contribution in [0.15, 0.2) is 64.1 Å². The maximum absolute atomic E-state index is 14.3. The number of carbonyl (C=O) groups excluding carboxylic acids is 1. The smallest absolute Gasteiger partial charge is 0.343 e. The fraction of sp³-hybridized carbons (Fsp3) is 0.294. The fourth-order valence-corrected chi connectivity index (χ4v) is 5.96. The van der Waals surface area contributed by atoms with Gasteiger partial charge in [0, 0.05) is 36.7 Å². The Bertz CT molecular complexity index is 2050. The lowest BCUT2D eigenvalue weighted by Gasteiger charge is -2.28. The molecule has 14 heteroatoms. The Morgan fingerprint density at radius 1 is 1.19 bits per heavy atom. The number of hydrogen-bond donors (Lipinski definition) is 3. The van der Waals surface area contributed by atoms with Crippen LogP contribution in [0.4, 0.5) is 10.2 Å². The van der Waals surface area contributed by atoms with E-state index in [9.17, 15) is 19.1 Å². The van der Waals surface area contributed by atoms with Crippen LogP contribution in [-0.2, 0) is 9.59 Å². The summed E-state index contributed by atoms with van der Waals surface area (Å²) in [5.41, 5.74) is 8.40. The van der Waals surface area contributed by atoms with Crippen molar-refractivity contribution in [3.05, 3.63) is 82.4 Å². The summed E-state index contributed by atoms with van der Waals surface area (Å²) in [7, 11) is 3.98. The number of anilines is 1. The highest BCUT2D eigenvalue weighted by Gasteiger charge is 2.29. The number of rotatable bonds is 8. The van der Waals surface area contributed by atoms with E-state index >= 15 is 0 Å². The summed E-state index contributed by atoms with van der Waals surface area (Å²) in [4.78, 5) is 47.0. The molecule has 6 rings (SSSR count). The van der Waals surface area contributed by atoms with Crippen molar-refractivity contribution in [2.75, 3.05) is 39.5 Å². The molecule has 1 amide bonds. The molecule has 250 valence electrons. The Labute approximate surface area is 274 Å². The number of amides is 1. The SMILES string of the molecule is CC(c1oc(=O)c2ccccc2c1C1=CCN(C(=O)CCCN(C)C)CC1)n1nc(-c2cc(O)cc(F)c2)c2c(N)ncnc21.O=CO. The number of phenols is 1. The molecule has 4 heterocycles. The van der Waals surface area contributed by atoms with Crippen LogP contribution >= 0.6 is 0 Å². The topological polar surface area (TPSA) is 181 Å². The molecule has 5 aromatic rings. The number of aromatic hydroxyl groups is 1. The number of aromatic nitrogens is 4. The monoisotopic (exact) mass is 657 g/mol. The van der Waals surface area contributed by atoms with Crippen molar-refractivity contribution in [3.8, 4) is 17.0 Å². The Balaban J connectivity index is 0.00000145. The molecule has 0 spiro atoms.